The minimum Gasteiger partial charge on any atom is -0.481 e. The molecular formula is C10H27FN3O9P. The van der Waals surface area contributed by atoms with Crippen LogP contribution in [-0.2, 0) is 23.5 Å². The Morgan fingerprint density at radius 3 is 1.42 bits per heavy atom. The first-order valence-corrected chi connectivity index (χ1v) is 7.51. The van der Waals surface area contributed by atoms with Crippen LogP contribution in [0.15, 0.2) is 0 Å². The molecule has 1 atom stereocenters. The minimum atomic E-state index is -3.72. The number of hydrogen-bond donors (Lipinski definition) is 7. The molecule has 0 aliphatic carbocycles. The predicted octanol–water partition coefficient (Wildman–Crippen LogP) is 1.44. The lowest BCUT2D eigenvalue weighted by atomic mass is 9.96. The summed E-state index contributed by atoms with van der Waals surface area (Å²) >= 11 is 0. The molecule has 0 aromatic rings. The fourth-order valence-corrected chi connectivity index (χ4v) is 1.84. The lowest BCUT2D eigenvalue weighted by Gasteiger charge is -2.18. The molecule has 148 valence electrons. The van der Waals surface area contributed by atoms with Crippen molar-refractivity contribution < 1.29 is 48.1 Å². The Bertz CT molecular complexity index is 425. The molecule has 12 nitrogen and oxygen atoms in total. The molecule has 0 aromatic heterocycles. The van der Waals surface area contributed by atoms with Gasteiger partial charge in [0.25, 0.3) is 0 Å². The van der Waals surface area contributed by atoms with E-state index in [4.69, 9.17) is 20.4 Å². The molecule has 0 amide bonds. The van der Waals surface area contributed by atoms with Crippen LogP contribution in [0.1, 0.15) is 26.7 Å². The highest BCUT2D eigenvalue weighted by atomic mass is 31.2. The third kappa shape index (κ3) is 20.4. The molecule has 0 saturated carbocycles. The third-order valence-electron chi connectivity index (χ3n) is 1.68. The summed E-state index contributed by atoms with van der Waals surface area (Å²) in [5.41, 5.74) is -2.74. The van der Waals surface area contributed by atoms with Crippen molar-refractivity contribution in [1.29, 1.82) is 0 Å². The van der Waals surface area contributed by atoms with E-state index in [9.17, 15) is 23.1 Å². The van der Waals surface area contributed by atoms with E-state index in [1.165, 1.54) is 0 Å². The molecule has 1 unspecified atom stereocenters. The summed E-state index contributed by atoms with van der Waals surface area (Å²) in [4.78, 5) is 30.5. The monoisotopic (exact) mass is 383 g/mol. The molecule has 0 aliphatic heterocycles. The first kappa shape index (κ1) is 33.9. The molecule has 13 N–H and O–H groups in total. The molecule has 0 spiro atoms. The van der Waals surface area contributed by atoms with E-state index in [-0.39, 0.29) is 24.6 Å². The Hall–Kier alpha value is -1.63. The Kier molecular flexibility index (Phi) is 19.4. The maximum absolute atomic E-state index is 12.0. The van der Waals surface area contributed by atoms with Gasteiger partial charge in [-0.2, -0.15) is 4.20 Å². The Morgan fingerprint density at radius 2 is 1.33 bits per heavy atom. The average molecular weight is 383 g/mol. The second-order valence-electron chi connectivity index (χ2n) is 4.38. The summed E-state index contributed by atoms with van der Waals surface area (Å²) in [5.74, 6) is -5.02. The first-order chi connectivity index (χ1) is 9.19. The van der Waals surface area contributed by atoms with E-state index in [0.717, 1.165) is 6.66 Å². The summed E-state index contributed by atoms with van der Waals surface area (Å²) in [5, 5.41) is 33.8. The smallest absolute Gasteiger partial charge is 0.364 e. The summed E-state index contributed by atoms with van der Waals surface area (Å²) in [6.45, 7) is 4.22. The van der Waals surface area contributed by atoms with E-state index < -0.39 is 44.0 Å². The molecule has 24 heavy (non-hydrogen) atoms. The van der Waals surface area contributed by atoms with Crippen LogP contribution in [0.25, 0.3) is 0 Å². The van der Waals surface area contributed by atoms with Crippen molar-refractivity contribution >= 4 is 25.6 Å². The fraction of sp³-hybridized carbons (Fsp3) is 0.700. The first-order valence-electron chi connectivity index (χ1n) is 5.54. The highest BCUT2D eigenvalue weighted by Crippen LogP contribution is 2.45. The van der Waals surface area contributed by atoms with Gasteiger partial charge in [0.15, 0.2) is 5.60 Å². The second kappa shape index (κ2) is 13.8. The normalized spacial score (nSPS) is 12.1. The highest BCUT2D eigenvalue weighted by Gasteiger charge is 2.40. The number of carboxylic acid groups (broad SMARTS) is 3. The van der Waals surface area contributed by atoms with Crippen LogP contribution in [0, 0.1) is 0 Å². The van der Waals surface area contributed by atoms with Gasteiger partial charge >= 0.3 is 25.6 Å². The topological polar surface area (TPSA) is 263 Å². The van der Waals surface area contributed by atoms with Crippen molar-refractivity contribution in [3.63, 3.8) is 0 Å². The zero-order chi connectivity index (χ0) is 17.4. The van der Waals surface area contributed by atoms with Gasteiger partial charge in [-0.15, -0.1) is 0 Å². The third-order valence-corrected chi connectivity index (χ3v) is 2.48. The maximum atomic E-state index is 12.0. The molecule has 0 radical (unpaired) electrons. The number of rotatable bonds is 7. The molecule has 0 fully saturated rings. The SMILES string of the molecule is CC(C)OP(C)(=O)F.N.N.N.O=C(O)CC(O)(CC(=O)O)C(=O)O. The molecule has 0 rings (SSSR count). The molecule has 14 heteroatoms. The second-order valence-corrected chi connectivity index (χ2v) is 6.08. The van der Waals surface area contributed by atoms with Gasteiger partial charge < -0.3 is 43.4 Å². The molecule has 0 heterocycles. The van der Waals surface area contributed by atoms with Crippen molar-refractivity contribution in [2.24, 2.45) is 0 Å². The number of hydrogen-bond acceptors (Lipinski definition) is 9. The van der Waals surface area contributed by atoms with Gasteiger partial charge in [0, 0.05) is 6.66 Å². The van der Waals surface area contributed by atoms with Crippen LogP contribution in [0.5, 0.6) is 0 Å². The van der Waals surface area contributed by atoms with Gasteiger partial charge in [-0.25, -0.2) is 4.79 Å². The summed E-state index contributed by atoms with van der Waals surface area (Å²) in [7, 11) is -3.72. The molecular weight excluding hydrogens is 356 g/mol. The Balaban J connectivity index is -0.0000000968. The van der Waals surface area contributed by atoms with Crippen LogP contribution in [0.3, 0.4) is 0 Å². The van der Waals surface area contributed by atoms with Crippen molar-refractivity contribution in [3.05, 3.63) is 0 Å². The van der Waals surface area contributed by atoms with Gasteiger partial charge in [0.05, 0.1) is 18.9 Å². The summed E-state index contributed by atoms with van der Waals surface area (Å²) in [6, 6.07) is 0. The highest BCUT2D eigenvalue weighted by molar-refractivity contribution is 7.52. The number of carboxylic acids is 3. The maximum Gasteiger partial charge on any atom is 0.364 e. The Labute approximate surface area is 138 Å². The van der Waals surface area contributed by atoms with Gasteiger partial charge in [-0.1, -0.05) is 0 Å². The Morgan fingerprint density at radius 1 is 1.04 bits per heavy atom. The van der Waals surface area contributed by atoms with Crippen LogP contribution in [0.2, 0.25) is 0 Å². The van der Waals surface area contributed by atoms with Crippen molar-refractivity contribution in [3.8, 4) is 0 Å². The zero-order valence-electron chi connectivity index (χ0n) is 13.8. The van der Waals surface area contributed by atoms with Crippen LogP contribution >= 0.6 is 7.68 Å². The predicted molar refractivity (Wildman–Crippen MR) is 83.0 cm³/mol. The van der Waals surface area contributed by atoms with Crippen LogP contribution in [0.4, 0.5) is 4.20 Å². The summed E-state index contributed by atoms with van der Waals surface area (Å²) in [6.07, 6.45) is -2.58. The van der Waals surface area contributed by atoms with E-state index >= 15 is 0 Å². The summed E-state index contributed by atoms with van der Waals surface area (Å²) < 4.78 is 26.4. The number of carbonyl (C=O) groups is 3. The lowest BCUT2D eigenvalue weighted by Crippen LogP contribution is -2.42. The lowest BCUT2D eigenvalue weighted by molar-refractivity contribution is -0.170. The zero-order valence-corrected chi connectivity index (χ0v) is 14.7. The molecule has 0 bridgehead atoms. The van der Waals surface area contributed by atoms with E-state index in [1.54, 1.807) is 13.8 Å². The molecule has 0 aliphatic rings. The van der Waals surface area contributed by atoms with E-state index in [1.807, 2.05) is 0 Å². The van der Waals surface area contributed by atoms with Crippen molar-refractivity contribution in [2.75, 3.05) is 6.66 Å². The van der Waals surface area contributed by atoms with Crippen molar-refractivity contribution in [1.82, 2.24) is 18.5 Å². The number of aliphatic hydroxyl groups is 1. The van der Waals surface area contributed by atoms with Gasteiger partial charge in [0.1, 0.15) is 0 Å². The fourth-order valence-electron chi connectivity index (χ4n) is 1.09. The van der Waals surface area contributed by atoms with Gasteiger partial charge in [0.2, 0.25) is 0 Å². The average Bonchev–Trinajstić information content (AvgIpc) is 2.10. The van der Waals surface area contributed by atoms with E-state index in [0.29, 0.717) is 0 Å². The number of aliphatic carboxylic acids is 3. The van der Waals surface area contributed by atoms with Crippen LogP contribution < -0.4 is 18.5 Å². The standard InChI is InChI=1S/C6H8O7.C4H10FO2P.3H3N/c7-3(8)1-6(13,5(11)12)2-4(9)10;1-4(2)7-8(3,5)6;;;/h13H,1-2H2,(H,7,8)(H,9,10)(H,11,12);4H,1-3H3;3*1H3. The van der Waals surface area contributed by atoms with E-state index in [2.05, 4.69) is 4.52 Å². The minimum absolute atomic E-state index is 0. The largest absolute Gasteiger partial charge is 0.481 e. The van der Waals surface area contributed by atoms with Gasteiger partial charge in [-0.3, -0.25) is 14.2 Å². The molecule has 0 aromatic carbocycles. The molecule has 0 saturated heterocycles. The van der Waals surface area contributed by atoms with Gasteiger partial charge in [-0.05, 0) is 13.8 Å². The van der Waals surface area contributed by atoms with Crippen LogP contribution in [-0.4, -0.2) is 56.7 Å². The number of halogens is 1. The van der Waals surface area contributed by atoms with Crippen molar-refractivity contribution in [2.45, 2.75) is 38.4 Å². The quantitative estimate of drug-likeness (QED) is 0.308.